The zero-order valence-electron chi connectivity index (χ0n) is 11.0. The van der Waals surface area contributed by atoms with Crippen LogP contribution in [0.1, 0.15) is 31.9 Å². The third kappa shape index (κ3) is 2.97. The first-order chi connectivity index (χ1) is 7.36. The Hall–Kier alpha value is -1.06. The largest absolute Gasteiger partial charge is 0.360 e. The number of anilines is 1. The normalized spacial score (nSPS) is 11.6. The number of hydrogen-bond donors (Lipinski definition) is 2. The van der Waals surface area contributed by atoms with Gasteiger partial charge >= 0.3 is 0 Å². The van der Waals surface area contributed by atoms with Crippen LogP contribution >= 0.6 is 0 Å². The lowest BCUT2D eigenvalue weighted by Crippen LogP contribution is -2.35. The van der Waals surface area contributed by atoms with Gasteiger partial charge < -0.3 is 4.90 Å². The first-order valence-corrected chi connectivity index (χ1v) is 5.62. The zero-order chi connectivity index (χ0) is 12.3. The summed E-state index contributed by atoms with van der Waals surface area (Å²) in [7, 11) is 2.03. The van der Waals surface area contributed by atoms with E-state index < -0.39 is 0 Å². The van der Waals surface area contributed by atoms with Crippen molar-refractivity contribution < 1.29 is 0 Å². The molecule has 0 aliphatic rings. The van der Waals surface area contributed by atoms with Crippen molar-refractivity contribution in [1.29, 1.82) is 0 Å². The van der Waals surface area contributed by atoms with Crippen molar-refractivity contribution in [2.24, 2.45) is 5.84 Å². The van der Waals surface area contributed by atoms with E-state index in [9.17, 15) is 0 Å². The van der Waals surface area contributed by atoms with E-state index in [1.54, 1.807) is 0 Å². The van der Waals surface area contributed by atoms with Gasteiger partial charge in [0.15, 0.2) is 0 Å². The quantitative estimate of drug-likeness (QED) is 0.467. The number of nitrogens with one attached hydrogen (secondary N) is 1. The van der Waals surface area contributed by atoms with Crippen LogP contribution < -0.4 is 16.2 Å². The standard InChI is InChI=1S/C13H23N3/c1-10-8-11(13(2,3)4)6-7-12(10)16(5)9-15-14/h6-8,15H,9,14H2,1-5H3. The van der Waals surface area contributed by atoms with Crippen LogP contribution in [-0.2, 0) is 5.41 Å². The fourth-order valence-electron chi connectivity index (χ4n) is 1.77. The van der Waals surface area contributed by atoms with E-state index in [-0.39, 0.29) is 5.41 Å². The van der Waals surface area contributed by atoms with E-state index in [0.717, 1.165) is 0 Å². The van der Waals surface area contributed by atoms with Crippen LogP contribution in [0.15, 0.2) is 18.2 Å². The molecule has 0 spiro atoms. The highest BCUT2D eigenvalue weighted by Gasteiger charge is 2.15. The Morgan fingerprint density at radius 3 is 2.38 bits per heavy atom. The first-order valence-electron chi connectivity index (χ1n) is 5.62. The summed E-state index contributed by atoms with van der Waals surface area (Å²) in [5.41, 5.74) is 6.73. The molecule has 0 aliphatic heterocycles. The fourth-order valence-corrected chi connectivity index (χ4v) is 1.77. The monoisotopic (exact) mass is 221 g/mol. The van der Waals surface area contributed by atoms with Gasteiger partial charge in [-0.1, -0.05) is 32.9 Å². The minimum absolute atomic E-state index is 0.202. The molecule has 16 heavy (non-hydrogen) atoms. The number of benzene rings is 1. The van der Waals surface area contributed by atoms with E-state index in [2.05, 4.69) is 56.2 Å². The van der Waals surface area contributed by atoms with Crippen molar-refractivity contribution in [3.8, 4) is 0 Å². The second-order valence-corrected chi connectivity index (χ2v) is 5.31. The third-order valence-corrected chi connectivity index (χ3v) is 2.80. The van der Waals surface area contributed by atoms with Crippen molar-refractivity contribution in [3.05, 3.63) is 29.3 Å². The Balaban J connectivity index is 3.00. The average Bonchev–Trinajstić information content (AvgIpc) is 2.16. The summed E-state index contributed by atoms with van der Waals surface area (Å²) in [6.45, 7) is 9.47. The Labute approximate surface area is 98.6 Å². The van der Waals surface area contributed by atoms with Gasteiger partial charge in [0.05, 0.1) is 6.67 Å². The van der Waals surface area contributed by atoms with Gasteiger partial charge in [-0.3, -0.25) is 5.84 Å². The van der Waals surface area contributed by atoms with Crippen LogP contribution in [0.2, 0.25) is 0 Å². The van der Waals surface area contributed by atoms with Gasteiger partial charge in [-0.2, -0.15) is 0 Å². The maximum Gasteiger partial charge on any atom is 0.0805 e. The Bertz CT molecular complexity index is 353. The molecule has 0 saturated heterocycles. The highest BCUT2D eigenvalue weighted by atomic mass is 15.3. The third-order valence-electron chi connectivity index (χ3n) is 2.80. The molecule has 0 amide bonds. The van der Waals surface area contributed by atoms with Gasteiger partial charge in [-0.15, -0.1) is 0 Å². The van der Waals surface area contributed by atoms with Gasteiger partial charge in [-0.25, -0.2) is 5.43 Å². The van der Waals surface area contributed by atoms with E-state index in [1.807, 2.05) is 7.05 Å². The summed E-state index contributed by atoms with van der Waals surface area (Å²) in [5.74, 6) is 5.32. The number of hydrogen-bond acceptors (Lipinski definition) is 3. The Kier molecular flexibility index (Phi) is 3.94. The number of nitrogens with two attached hydrogens (primary N) is 1. The highest BCUT2D eigenvalue weighted by molar-refractivity contribution is 5.54. The zero-order valence-corrected chi connectivity index (χ0v) is 11.0. The lowest BCUT2D eigenvalue weighted by atomic mass is 9.86. The molecule has 1 aromatic carbocycles. The topological polar surface area (TPSA) is 41.3 Å². The van der Waals surface area contributed by atoms with Crippen molar-refractivity contribution in [2.75, 3.05) is 18.6 Å². The van der Waals surface area contributed by atoms with Crippen LogP contribution in [0, 0.1) is 6.92 Å². The summed E-state index contributed by atoms with van der Waals surface area (Å²) in [5, 5.41) is 0. The molecule has 3 heteroatoms. The molecule has 0 bridgehead atoms. The molecule has 0 atom stereocenters. The maximum absolute atomic E-state index is 5.32. The molecular weight excluding hydrogens is 198 g/mol. The van der Waals surface area contributed by atoms with Crippen LogP contribution in [0.25, 0.3) is 0 Å². The molecule has 0 aromatic heterocycles. The minimum atomic E-state index is 0.202. The second kappa shape index (κ2) is 4.85. The summed E-state index contributed by atoms with van der Waals surface area (Å²) in [6, 6.07) is 6.60. The molecular formula is C13H23N3. The molecule has 90 valence electrons. The SMILES string of the molecule is Cc1cc(C(C)(C)C)ccc1N(C)CNN. The van der Waals surface area contributed by atoms with E-state index in [0.29, 0.717) is 6.67 Å². The molecule has 3 N–H and O–H groups in total. The Morgan fingerprint density at radius 1 is 1.31 bits per heavy atom. The molecule has 0 aliphatic carbocycles. The van der Waals surface area contributed by atoms with Crippen molar-refractivity contribution in [2.45, 2.75) is 33.1 Å². The van der Waals surface area contributed by atoms with Crippen LogP contribution in [0.5, 0.6) is 0 Å². The number of rotatable bonds is 3. The van der Waals surface area contributed by atoms with Crippen LogP contribution in [-0.4, -0.2) is 13.7 Å². The summed E-state index contributed by atoms with van der Waals surface area (Å²) < 4.78 is 0. The molecule has 0 saturated carbocycles. The second-order valence-electron chi connectivity index (χ2n) is 5.31. The predicted molar refractivity (Wildman–Crippen MR) is 70.5 cm³/mol. The first kappa shape index (κ1) is 13.0. The summed E-state index contributed by atoms with van der Waals surface area (Å²) >= 11 is 0. The van der Waals surface area contributed by atoms with Crippen LogP contribution in [0.4, 0.5) is 5.69 Å². The Morgan fingerprint density at radius 2 is 1.94 bits per heavy atom. The molecule has 3 nitrogen and oxygen atoms in total. The molecule has 0 radical (unpaired) electrons. The molecule has 0 heterocycles. The smallest absolute Gasteiger partial charge is 0.0805 e. The van der Waals surface area contributed by atoms with Crippen molar-refractivity contribution >= 4 is 5.69 Å². The highest BCUT2D eigenvalue weighted by Crippen LogP contribution is 2.27. The molecule has 0 unspecified atom stereocenters. The van der Waals surface area contributed by atoms with Gasteiger partial charge in [-0.05, 0) is 29.5 Å². The van der Waals surface area contributed by atoms with Gasteiger partial charge in [0.25, 0.3) is 0 Å². The summed E-state index contributed by atoms with van der Waals surface area (Å²) in [4.78, 5) is 2.10. The summed E-state index contributed by atoms with van der Waals surface area (Å²) in [6.07, 6.45) is 0. The van der Waals surface area contributed by atoms with E-state index >= 15 is 0 Å². The molecule has 1 aromatic rings. The predicted octanol–water partition coefficient (Wildman–Crippen LogP) is 2.15. The minimum Gasteiger partial charge on any atom is -0.360 e. The fraction of sp³-hybridized carbons (Fsp3) is 0.538. The van der Waals surface area contributed by atoms with Crippen molar-refractivity contribution in [3.63, 3.8) is 0 Å². The average molecular weight is 221 g/mol. The molecule has 0 fully saturated rings. The van der Waals surface area contributed by atoms with Gasteiger partial charge in [0.2, 0.25) is 0 Å². The molecule has 1 rings (SSSR count). The lowest BCUT2D eigenvalue weighted by molar-refractivity contribution is 0.589. The van der Waals surface area contributed by atoms with Crippen molar-refractivity contribution in [1.82, 2.24) is 5.43 Å². The number of nitrogens with zero attached hydrogens (tertiary/aromatic N) is 1. The number of aryl methyl sites for hydroxylation is 1. The number of hydrazine groups is 1. The van der Waals surface area contributed by atoms with Gasteiger partial charge in [0.1, 0.15) is 0 Å². The van der Waals surface area contributed by atoms with E-state index in [1.165, 1.54) is 16.8 Å². The maximum atomic E-state index is 5.32. The van der Waals surface area contributed by atoms with Crippen LogP contribution in [0.3, 0.4) is 0 Å². The van der Waals surface area contributed by atoms with Gasteiger partial charge in [0, 0.05) is 12.7 Å². The van der Waals surface area contributed by atoms with E-state index in [4.69, 9.17) is 5.84 Å². The lowest BCUT2D eigenvalue weighted by Gasteiger charge is -2.24.